The fourth-order valence-electron chi connectivity index (χ4n) is 1.13. The molecule has 1 rings (SSSR count). The molecule has 1 atom stereocenters. The van der Waals surface area contributed by atoms with Crippen molar-refractivity contribution >= 4 is 23.5 Å². The highest BCUT2D eigenvalue weighted by Crippen LogP contribution is 2.27. The van der Waals surface area contributed by atoms with Gasteiger partial charge >= 0.3 is 11.9 Å². The largest absolute Gasteiger partial charge is 0.386 e. The lowest BCUT2D eigenvalue weighted by atomic mass is 10.1. The number of halogens is 1. The molecule has 0 aliphatic heterocycles. The molecule has 0 aliphatic rings. The Bertz CT molecular complexity index is 451. The van der Waals surface area contributed by atoms with Crippen LogP contribution in [0.5, 0.6) is 0 Å². The molecule has 0 fully saturated rings. The first kappa shape index (κ1) is 13.2. The van der Waals surface area contributed by atoms with Crippen LogP contribution in [0.3, 0.4) is 0 Å². The third kappa shape index (κ3) is 3.57. The zero-order valence-corrected chi connectivity index (χ0v) is 9.81. The van der Waals surface area contributed by atoms with Gasteiger partial charge in [-0.25, -0.2) is 9.59 Å². The highest BCUT2D eigenvalue weighted by atomic mass is 35.5. The highest BCUT2D eigenvalue weighted by Gasteiger charge is 2.21. The van der Waals surface area contributed by atoms with Crippen LogP contribution in [0.2, 0.25) is 0 Å². The minimum Gasteiger partial charge on any atom is -0.386 e. The summed E-state index contributed by atoms with van der Waals surface area (Å²) in [7, 11) is 0. The summed E-state index contributed by atoms with van der Waals surface area (Å²) in [5.41, 5.74) is 0.718. The SMILES string of the molecule is C=CC(=O)OC(=O)C(=C)C(Cl)c1ccccc1. The van der Waals surface area contributed by atoms with E-state index in [1.165, 1.54) is 0 Å². The molecule has 0 aromatic heterocycles. The average molecular weight is 251 g/mol. The maximum atomic E-state index is 11.5. The highest BCUT2D eigenvalue weighted by molar-refractivity contribution is 6.25. The lowest BCUT2D eigenvalue weighted by molar-refractivity contribution is -0.153. The molecule has 0 heterocycles. The van der Waals surface area contributed by atoms with Gasteiger partial charge in [-0.15, -0.1) is 11.6 Å². The Morgan fingerprint density at radius 2 is 1.88 bits per heavy atom. The van der Waals surface area contributed by atoms with Gasteiger partial charge in [0.2, 0.25) is 0 Å². The molecule has 0 radical (unpaired) electrons. The minimum absolute atomic E-state index is 0.00747. The second-order valence-electron chi connectivity index (χ2n) is 3.21. The zero-order chi connectivity index (χ0) is 12.8. The third-order valence-electron chi connectivity index (χ3n) is 2.02. The molecular weight excluding hydrogens is 240 g/mol. The van der Waals surface area contributed by atoms with Crippen molar-refractivity contribution in [3.05, 3.63) is 60.7 Å². The molecule has 0 amide bonds. The van der Waals surface area contributed by atoms with Crippen molar-refractivity contribution in [3.8, 4) is 0 Å². The van der Waals surface area contributed by atoms with Crippen LogP contribution in [0.15, 0.2) is 55.1 Å². The summed E-state index contributed by atoms with van der Waals surface area (Å²) in [5.74, 6) is -1.67. The van der Waals surface area contributed by atoms with Gasteiger partial charge in [0.1, 0.15) is 0 Å². The molecule has 17 heavy (non-hydrogen) atoms. The molecule has 88 valence electrons. The van der Waals surface area contributed by atoms with Crippen molar-refractivity contribution in [1.82, 2.24) is 0 Å². The molecule has 0 N–H and O–H groups in total. The lowest BCUT2D eigenvalue weighted by Gasteiger charge is -2.11. The molecule has 4 heteroatoms. The number of hydrogen-bond donors (Lipinski definition) is 0. The maximum Gasteiger partial charge on any atom is 0.343 e. The van der Waals surface area contributed by atoms with E-state index in [4.69, 9.17) is 11.6 Å². The maximum absolute atomic E-state index is 11.5. The third-order valence-corrected chi connectivity index (χ3v) is 2.54. The molecule has 1 aromatic carbocycles. The molecule has 0 bridgehead atoms. The van der Waals surface area contributed by atoms with E-state index in [0.717, 1.165) is 6.08 Å². The summed E-state index contributed by atoms with van der Waals surface area (Å²) in [6, 6.07) is 8.92. The summed E-state index contributed by atoms with van der Waals surface area (Å²) in [4.78, 5) is 22.3. The van der Waals surface area contributed by atoms with Crippen LogP contribution in [0.1, 0.15) is 10.9 Å². The van der Waals surface area contributed by atoms with Gasteiger partial charge in [-0.2, -0.15) is 0 Å². The summed E-state index contributed by atoms with van der Waals surface area (Å²) >= 11 is 6.04. The number of carbonyl (C=O) groups excluding carboxylic acids is 2. The number of alkyl halides is 1. The topological polar surface area (TPSA) is 43.4 Å². The van der Waals surface area contributed by atoms with Gasteiger partial charge in [0.25, 0.3) is 0 Å². The number of ether oxygens (including phenoxy) is 1. The molecule has 0 saturated carbocycles. The predicted octanol–water partition coefficient (Wildman–Crippen LogP) is 2.78. The van der Waals surface area contributed by atoms with E-state index < -0.39 is 17.3 Å². The fourth-order valence-corrected chi connectivity index (χ4v) is 1.36. The van der Waals surface area contributed by atoms with Gasteiger partial charge in [0.15, 0.2) is 0 Å². The Balaban J connectivity index is 2.74. The van der Waals surface area contributed by atoms with E-state index >= 15 is 0 Å². The first-order chi connectivity index (χ1) is 8.06. The standard InChI is InChI=1S/C13H11ClO3/c1-3-11(15)17-13(16)9(2)12(14)10-7-5-4-6-8-10/h3-8,12H,1-2H2. The van der Waals surface area contributed by atoms with Crippen LogP contribution in [-0.4, -0.2) is 11.9 Å². The number of hydrogen-bond acceptors (Lipinski definition) is 3. The van der Waals surface area contributed by atoms with Gasteiger partial charge in [-0.1, -0.05) is 43.5 Å². The van der Waals surface area contributed by atoms with Crippen LogP contribution < -0.4 is 0 Å². The van der Waals surface area contributed by atoms with E-state index in [0.29, 0.717) is 5.56 Å². The molecule has 0 spiro atoms. The Morgan fingerprint density at radius 1 is 1.29 bits per heavy atom. The average Bonchev–Trinajstić information content (AvgIpc) is 2.37. The minimum atomic E-state index is -0.848. The van der Waals surface area contributed by atoms with Crippen molar-refractivity contribution in [2.75, 3.05) is 0 Å². The first-order valence-electron chi connectivity index (χ1n) is 4.82. The monoisotopic (exact) mass is 250 g/mol. The Labute approximate surface area is 104 Å². The van der Waals surface area contributed by atoms with Gasteiger partial charge in [0, 0.05) is 6.08 Å². The molecule has 3 nitrogen and oxygen atoms in total. The van der Waals surface area contributed by atoms with Crippen molar-refractivity contribution in [1.29, 1.82) is 0 Å². The van der Waals surface area contributed by atoms with Crippen LogP contribution in [0.25, 0.3) is 0 Å². The smallest absolute Gasteiger partial charge is 0.343 e. The fraction of sp³-hybridized carbons (Fsp3) is 0.0769. The second kappa shape index (κ2) is 6.01. The van der Waals surface area contributed by atoms with Crippen LogP contribution >= 0.6 is 11.6 Å². The predicted molar refractivity (Wildman–Crippen MR) is 65.5 cm³/mol. The second-order valence-corrected chi connectivity index (χ2v) is 3.65. The van der Waals surface area contributed by atoms with Crippen LogP contribution in [0, 0.1) is 0 Å². The number of rotatable bonds is 4. The summed E-state index contributed by atoms with van der Waals surface area (Å²) in [5, 5.41) is -0.721. The quantitative estimate of drug-likeness (QED) is 0.357. The zero-order valence-electron chi connectivity index (χ0n) is 9.06. The summed E-state index contributed by atoms with van der Waals surface area (Å²) < 4.78 is 4.42. The van der Waals surface area contributed by atoms with E-state index in [1.807, 2.05) is 6.07 Å². The number of esters is 2. The molecule has 0 aliphatic carbocycles. The normalized spacial score (nSPS) is 11.4. The molecule has 1 unspecified atom stereocenters. The molecular formula is C13H11ClO3. The van der Waals surface area contributed by atoms with E-state index in [1.54, 1.807) is 24.3 Å². The Morgan fingerprint density at radius 3 is 2.41 bits per heavy atom. The summed E-state index contributed by atoms with van der Waals surface area (Å²) in [6.07, 6.45) is 0.900. The van der Waals surface area contributed by atoms with Crippen molar-refractivity contribution < 1.29 is 14.3 Å². The van der Waals surface area contributed by atoms with Gasteiger partial charge in [-0.05, 0) is 5.56 Å². The van der Waals surface area contributed by atoms with Gasteiger partial charge < -0.3 is 4.74 Å². The van der Waals surface area contributed by atoms with Gasteiger partial charge in [0.05, 0.1) is 11.0 Å². The number of benzene rings is 1. The number of carbonyl (C=O) groups is 2. The van der Waals surface area contributed by atoms with Gasteiger partial charge in [-0.3, -0.25) is 0 Å². The Kier molecular flexibility index (Phi) is 4.67. The van der Waals surface area contributed by atoms with E-state index in [2.05, 4.69) is 17.9 Å². The first-order valence-corrected chi connectivity index (χ1v) is 5.26. The lowest BCUT2D eigenvalue weighted by Crippen LogP contribution is -2.14. The van der Waals surface area contributed by atoms with Crippen molar-refractivity contribution in [2.45, 2.75) is 5.38 Å². The van der Waals surface area contributed by atoms with Crippen molar-refractivity contribution in [2.24, 2.45) is 0 Å². The van der Waals surface area contributed by atoms with Crippen LogP contribution in [-0.2, 0) is 14.3 Å². The Hall–Kier alpha value is -1.87. The van der Waals surface area contributed by atoms with E-state index in [-0.39, 0.29) is 5.57 Å². The molecule has 0 saturated heterocycles. The van der Waals surface area contributed by atoms with Crippen molar-refractivity contribution in [3.63, 3.8) is 0 Å². The van der Waals surface area contributed by atoms with Crippen LogP contribution in [0.4, 0.5) is 0 Å². The molecule has 1 aromatic rings. The van der Waals surface area contributed by atoms with E-state index in [9.17, 15) is 9.59 Å². The summed E-state index contributed by atoms with van der Waals surface area (Å²) in [6.45, 7) is 6.71.